The molecule has 136 valence electrons. The van der Waals surface area contributed by atoms with Crippen LogP contribution in [0.4, 0.5) is 0 Å². The number of aromatic nitrogens is 3. The van der Waals surface area contributed by atoms with E-state index in [9.17, 15) is 0 Å². The Labute approximate surface area is 156 Å². The molecule has 0 amide bonds. The van der Waals surface area contributed by atoms with Gasteiger partial charge in [-0.2, -0.15) is 10.6 Å². The van der Waals surface area contributed by atoms with Gasteiger partial charge in [0.15, 0.2) is 0 Å². The Bertz CT molecular complexity index is 933. The molecule has 3 atom stereocenters. The van der Waals surface area contributed by atoms with Crippen molar-refractivity contribution in [2.24, 2.45) is 5.92 Å². The van der Waals surface area contributed by atoms with Crippen molar-refractivity contribution in [1.82, 2.24) is 25.6 Å². The smallest absolute Gasteiger partial charge is 0.123 e. The maximum absolute atomic E-state index is 5.83. The fourth-order valence-electron chi connectivity index (χ4n) is 4.34. The number of aromatic amines is 1. The Morgan fingerprint density at radius 1 is 1.38 bits per heavy atom. The Morgan fingerprint density at radius 3 is 3.04 bits per heavy atom. The molecule has 26 heavy (non-hydrogen) atoms. The van der Waals surface area contributed by atoms with E-state index in [1.54, 1.807) is 11.3 Å². The van der Waals surface area contributed by atoms with Crippen molar-refractivity contribution in [3.05, 3.63) is 35.0 Å². The topological polar surface area (TPSA) is 66.1 Å². The van der Waals surface area contributed by atoms with Crippen molar-refractivity contribution >= 4 is 22.2 Å². The lowest BCUT2D eigenvalue weighted by Crippen LogP contribution is -2.42. The number of H-pyrrole nitrogens is 1. The van der Waals surface area contributed by atoms with E-state index in [1.807, 2.05) is 6.20 Å². The first-order chi connectivity index (χ1) is 12.7. The third kappa shape index (κ3) is 2.85. The third-order valence-electron chi connectivity index (χ3n) is 5.77. The summed E-state index contributed by atoms with van der Waals surface area (Å²) >= 11 is 1.70. The third-order valence-corrected chi connectivity index (χ3v) is 6.73. The van der Waals surface area contributed by atoms with Gasteiger partial charge in [0.05, 0.1) is 11.2 Å². The molecule has 2 aliphatic rings. The minimum absolute atomic E-state index is 0.477. The second-order valence-electron chi connectivity index (χ2n) is 7.55. The van der Waals surface area contributed by atoms with Gasteiger partial charge in [-0.3, -0.25) is 9.94 Å². The lowest BCUT2D eigenvalue weighted by molar-refractivity contribution is -0.0144. The van der Waals surface area contributed by atoms with Gasteiger partial charge in [0.1, 0.15) is 11.6 Å². The predicted octanol–water partition coefficient (Wildman–Crippen LogP) is 3.11. The van der Waals surface area contributed by atoms with Crippen molar-refractivity contribution in [3.63, 3.8) is 0 Å². The van der Waals surface area contributed by atoms with E-state index in [2.05, 4.69) is 57.7 Å². The average Bonchev–Trinajstić information content (AvgIpc) is 3.39. The summed E-state index contributed by atoms with van der Waals surface area (Å²) in [5.41, 5.74) is 6.37. The van der Waals surface area contributed by atoms with Gasteiger partial charge in [-0.1, -0.05) is 12.1 Å². The molecule has 2 aromatic heterocycles. The summed E-state index contributed by atoms with van der Waals surface area (Å²) in [6, 6.07) is 7.51. The van der Waals surface area contributed by atoms with Crippen LogP contribution in [-0.2, 0) is 11.4 Å². The predicted molar refractivity (Wildman–Crippen MR) is 103 cm³/mol. The summed E-state index contributed by atoms with van der Waals surface area (Å²) in [6.45, 7) is 3.75. The van der Waals surface area contributed by atoms with Crippen molar-refractivity contribution in [2.75, 3.05) is 13.6 Å². The standard InChI is InChI=1S/C19H23N5OS/c1-11-8-20-19(26-11)12-3-4-15-17(6-12)21-22-18(15)10-25-23-16-7-14-5-13(16)9-24(14)2/h3-4,6,8,13-14,16,23H,5,7,9-10H2,1-2H3,(H,21,22). The summed E-state index contributed by atoms with van der Waals surface area (Å²) in [7, 11) is 2.22. The zero-order valence-electron chi connectivity index (χ0n) is 15.0. The molecule has 3 aromatic rings. The number of nitrogens with zero attached hydrogens (tertiary/aromatic N) is 3. The molecule has 1 aliphatic carbocycles. The van der Waals surface area contributed by atoms with Crippen LogP contribution in [0, 0.1) is 12.8 Å². The van der Waals surface area contributed by atoms with Crippen LogP contribution in [0.25, 0.3) is 21.5 Å². The highest BCUT2D eigenvalue weighted by Gasteiger charge is 2.43. The second-order valence-corrected chi connectivity index (χ2v) is 8.78. The monoisotopic (exact) mass is 369 g/mol. The van der Waals surface area contributed by atoms with Gasteiger partial charge in [-0.05, 0) is 38.8 Å². The molecule has 1 saturated carbocycles. The van der Waals surface area contributed by atoms with Gasteiger partial charge < -0.3 is 4.90 Å². The molecular formula is C19H23N5OS. The summed E-state index contributed by atoms with van der Waals surface area (Å²) in [4.78, 5) is 14.0. The Morgan fingerprint density at radius 2 is 2.31 bits per heavy atom. The number of hydrogen-bond acceptors (Lipinski definition) is 6. The summed E-state index contributed by atoms with van der Waals surface area (Å²) in [6.07, 6.45) is 4.39. The van der Waals surface area contributed by atoms with Crippen LogP contribution >= 0.6 is 11.3 Å². The van der Waals surface area contributed by atoms with E-state index in [4.69, 9.17) is 4.84 Å². The van der Waals surface area contributed by atoms with Crippen LogP contribution in [0.15, 0.2) is 24.4 Å². The van der Waals surface area contributed by atoms with Crippen molar-refractivity contribution < 1.29 is 4.84 Å². The Hall–Kier alpha value is -1.80. The molecule has 1 aromatic carbocycles. The summed E-state index contributed by atoms with van der Waals surface area (Å²) in [5.74, 6) is 0.716. The van der Waals surface area contributed by atoms with Crippen LogP contribution in [0.5, 0.6) is 0 Å². The molecule has 6 nitrogen and oxygen atoms in total. The second kappa shape index (κ2) is 6.42. The highest BCUT2D eigenvalue weighted by atomic mass is 32.1. The van der Waals surface area contributed by atoms with Gasteiger partial charge in [-0.15, -0.1) is 11.3 Å². The number of nitrogens with one attached hydrogen (secondary N) is 2. The average molecular weight is 369 g/mol. The minimum Gasteiger partial charge on any atom is -0.303 e. The first-order valence-electron chi connectivity index (χ1n) is 9.15. The van der Waals surface area contributed by atoms with Crippen molar-refractivity contribution in [2.45, 2.75) is 38.5 Å². The van der Waals surface area contributed by atoms with E-state index < -0.39 is 0 Å². The molecule has 7 heteroatoms. The van der Waals surface area contributed by atoms with E-state index in [-0.39, 0.29) is 0 Å². The molecule has 5 rings (SSSR count). The van der Waals surface area contributed by atoms with Gasteiger partial charge >= 0.3 is 0 Å². The molecule has 2 fully saturated rings. The Balaban J connectivity index is 1.25. The largest absolute Gasteiger partial charge is 0.303 e. The Kier molecular flexibility index (Phi) is 4.04. The number of aryl methyl sites for hydroxylation is 1. The van der Waals surface area contributed by atoms with Crippen LogP contribution in [0.2, 0.25) is 0 Å². The normalized spacial score (nSPS) is 25.5. The number of benzene rings is 1. The minimum atomic E-state index is 0.477. The fraction of sp³-hybridized carbons (Fsp3) is 0.474. The molecule has 2 N–H and O–H groups in total. The molecule has 2 bridgehead atoms. The van der Waals surface area contributed by atoms with E-state index in [1.165, 1.54) is 24.3 Å². The number of hydroxylamine groups is 1. The summed E-state index contributed by atoms with van der Waals surface area (Å²) in [5, 5.41) is 9.71. The lowest BCUT2D eigenvalue weighted by atomic mass is 10.0. The number of likely N-dealkylation sites (tertiary alicyclic amines) is 1. The fourth-order valence-corrected chi connectivity index (χ4v) is 5.10. The van der Waals surface area contributed by atoms with Crippen LogP contribution in [0.1, 0.15) is 23.4 Å². The zero-order chi connectivity index (χ0) is 17.7. The molecule has 0 spiro atoms. The molecule has 1 saturated heterocycles. The molecule has 3 heterocycles. The number of thiazole rings is 1. The molecule has 3 unspecified atom stereocenters. The number of hydrogen-bond donors (Lipinski definition) is 2. The van der Waals surface area contributed by atoms with Gasteiger partial charge in [0, 0.05) is 40.7 Å². The van der Waals surface area contributed by atoms with Crippen LogP contribution in [0.3, 0.4) is 0 Å². The number of fused-ring (bicyclic) bond motifs is 3. The number of rotatable bonds is 5. The van der Waals surface area contributed by atoms with E-state index in [0.717, 1.165) is 33.2 Å². The number of piperidine rings is 1. The lowest BCUT2D eigenvalue weighted by Gasteiger charge is -2.28. The highest BCUT2D eigenvalue weighted by molar-refractivity contribution is 7.14. The first kappa shape index (κ1) is 16.4. The van der Waals surface area contributed by atoms with Crippen molar-refractivity contribution in [3.8, 4) is 10.6 Å². The van der Waals surface area contributed by atoms with Crippen molar-refractivity contribution in [1.29, 1.82) is 0 Å². The van der Waals surface area contributed by atoms with Gasteiger partial charge in [-0.25, -0.2) is 4.98 Å². The van der Waals surface area contributed by atoms with Crippen LogP contribution in [-0.4, -0.2) is 45.8 Å². The highest BCUT2D eigenvalue weighted by Crippen LogP contribution is 2.36. The molecule has 0 radical (unpaired) electrons. The first-order valence-corrected chi connectivity index (χ1v) is 9.96. The van der Waals surface area contributed by atoms with E-state index >= 15 is 0 Å². The maximum Gasteiger partial charge on any atom is 0.123 e. The maximum atomic E-state index is 5.83. The summed E-state index contributed by atoms with van der Waals surface area (Å²) < 4.78 is 0. The van der Waals surface area contributed by atoms with Gasteiger partial charge in [0.25, 0.3) is 0 Å². The SMILES string of the molecule is Cc1cnc(-c2ccc3c(CONC4CC5CC4CN5C)[nH]nc3c2)s1. The quantitative estimate of drug-likeness (QED) is 0.677. The van der Waals surface area contributed by atoms with Crippen LogP contribution < -0.4 is 5.48 Å². The van der Waals surface area contributed by atoms with E-state index in [0.29, 0.717) is 18.6 Å². The molecular weight excluding hydrogens is 346 g/mol. The van der Waals surface area contributed by atoms with Gasteiger partial charge in [0.2, 0.25) is 0 Å². The molecule has 1 aliphatic heterocycles. The zero-order valence-corrected chi connectivity index (χ0v) is 15.8.